The van der Waals surface area contributed by atoms with Crippen LogP contribution in [0.3, 0.4) is 0 Å². The van der Waals surface area contributed by atoms with Crippen molar-refractivity contribution in [2.24, 2.45) is 0 Å². The molecule has 0 saturated carbocycles. The highest BCUT2D eigenvalue weighted by Crippen LogP contribution is 2.38. The van der Waals surface area contributed by atoms with Crippen molar-refractivity contribution in [2.75, 3.05) is 0 Å². The van der Waals surface area contributed by atoms with E-state index in [1.165, 1.54) is 51.4 Å². The predicted molar refractivity (Wildman–Crippen MR) is 90.9 cm³/mol. The molecule has 0 aromatic rings. The fourth-order valence-electron chi connectivity index (χ4n) is 2.78. The van der Waals surface area contributed by atoms with Gasteiger partial charge in [0.2, 0.25) is 0 Å². The number of alkyl halides is 5. The van der Waals surface area contributed by atoms with Gasteiger partial charge in [0.25, 0.3) is 0 Å². The van der Waals surface area contributed by atoms with Crippen molar-refractivity contribution in [2.45, 2.75) is 115 Å². The van der Waals surface area contributed by atoms with Gasteiger partial charge in [0.1, 0.15) is 5.78 Å². The molecule has 25 heavy (non-hydrogen) atoms. The standard InChI is InChI=1S/C19H33F5O/c1-2-3-4-5-6-7-8-9-10-11-12-13-14-15-17(25)16-18(20,21)19(22,23)24/h2-16H2,1H3. The smallest absolute Gasteiger partial charge is 0.299 e. The van der Waals surface area contributed by atoms with Crippen molar-refractivity contribution in [3.63, 3.8) is 0 Å². The molecule has 0 atom stereocenters. The van der Waals surface area contributed by atoms with E-state index in [1.54, 1.807) is 0 Å². The Morgan fingerprint density at radius 3 is 1.36 bits per heavy atom. The molecule has 0 spiro atoms. The van der Waals surface area contributed by atoms with Crippen molar-refractivity contribution < 1.29 is 26.7 Å². The lowest BCUT2D eigenvalue weighted by atomic mass is 10.0. The van der Waals surface area contributed by atoms with E-state index >= 15 is 0 Å². The van der Waals surface area contributed by atoms with Gasteiger partial charge >= 0.3 is 12.1 Å². The van der Waals surface area contributed by atoms with Gasteiger partial charge in [-0.15, -0.1) is 0 Å². The Labute approximate surface area is 148 Å². The van der Waals surface area contributed by atoms with Crippen LogP contribution in [0.1, 0.15) is 103 Å². The van der Waals surface area contributed by atoms with Crippen molar-refractivity contribution in [3.05, 3.63) is 0 Å². The molecular weight excluding hydrogens is 339 g/mol. The van der Waals surface area contributed by atoms with Gasteiger partial charge < -0.3 is 0 Å². The lowest BCUT2D eigenvalue weighted by Crippen LogP contribution is -2.38. The highest BCUT2D eigenvalue weighted by atomic mass is 19.4. The van der Waals surface area contributed by atoms with Crippen LogP contribution in [0.2, 0.25) is 0 Å². The first kappa shape index (κ1) is 24.3. The molecule has 150 valence electrons. The fraction of sp³-hybridized carbons (Fsp3) is 0.947. The summed E-state index contributed by atoms with van der Waals surface area (Å²) in [6.45, 7) is 2.20. The van der Waals surface area contributed by atoms with Gasteiger partial charge in [-0.05, 0) is 6.42 Å². The minimum atomic E-state index is -5.64. The second-order valence-electron chi connectivity index (χ2n) is 6.91. The highest BCUT2D eigenvalue weighted by Gasteiger charge is 2.57. The Morgan fingerprint density at radius 1 is 0.640 bits per heavy atom. The molecule has 0 heterocycles. The molecule has 0 saturated heterocycles. The summed E-state index contributed by atoms with van der Waals surface area (Å²) in [6.07, 6.45) is 6.79. The van der Waals surface area contributed by atoms with Crippen LogP contribution in [0.4, 0.5) is 22.0 Å². The van der Waals surface area contributed by atoms with Gasteiger partial charge in [-0.1, -0.05) is 84.0 Å². The lowest BCUT2D eigenvalue weighted by Gasteiger charge is -2.18. The summed E-state index contributed by atoms with van der Waals surface area (Å²) in [6, 6.07) is 0. The summed E-state index contributed by atoms with van der Waals surface area (Å²) < 4.78 is 61.4. The molecule has 0 bridgehead atoms. The average Bonchev–Trinajstić information content (AvgIpc) is 2.50. The molecule has 6 heteroatoms. The molecule has 0 fully saturated rings. The fourth-order valence-corrected chi connectivity index (χ4v) is 2.78. The van der Waals surface area contributed by atoms with Crippen LogP contribution in [0.25, 0.3) is 0 Å². The van der Waals surface area contributed by atoms with E-state index in [1.807, 2.05) is 0 Å². The third-order valence-electron chi connectivity index (χ3n) is 4.39. The number of carbonyl (C=O) groups is 1. The summed E-state index contributed by atoms with van der Waals surface area (Å²) in [5.74, 6) is -5.91. The summed E-state index contributed by atoms with van der Waals surface area (Å²) in [5, 5.41) is 0. The van der Waals surface area contributed by atoms with Crippen LogP contribution < -0.4 is 0 Å². The Kier molecular flexibility index (Phi) is 13.1. The molecule has 0 aliphatic rings. The molecule has 0 unspecified atom stereocenters. The first-order valence-electron chi connectivity index (χ1n) is 9.67. The predicted octanol–water partition coefficient (Wildman–Crippen LogP) is 7.62. The molecule has 1 nitrogen and oxygen atoms in total. The molecule has 0 radical (unpaired) electrons. The van der Waals surface area contributed by atoms with Crippen LogP contribution in [0.5, 0.6) is 0 Å². The Balaban J connectivity index is 3.43. The molecular formula is C19H33F5O. The molecule has 0 aliphatic heterocycles. The number of rotatable bonds is 16. The molecule has 0 amide bonds. The first-order chi connectivity index (χ1) is 11.7. The number of ketones is 1. The number of Topliss-reactive ketones (excluding diaryl/α,β-unsaturated/α-hetero) is 1. The number of hydrogen-bond acceptors (Lipinski definition) is 1. The zero-order valence-corrected chi connectivity index (χ0v) is 15.4. The summed E-state index contributed by atoms with van der Waals surface area (Å²) >= 11 is 0. The Morgan fingerprint density at radius 2 is 1.00 bits per heavy atom. The summed E-state index contributed by atoms with van der Waals surface area (Å²) in [5.41, 5.74) is 0. The van der Waals surface area contributed by atoms with Crippen LogP contribution in [-0.2, 0) is 4.79 Å². The quantitative estimate of drug-likeness (QED) is 0.201. The number of halogens is 5. The molecule has 0 rings (SSSR count). The second kappa shape index (κ2) is 13.5. The number of hydrogen-bond donors (Lipinski definition) is 0. The number of unbranched alkanes of at least 4 members (excludes halogenated alkanes) is 12. The van der Waals surface area contributed by atoms with E-state index in [4.69, 9.17) is 0 Å². The van der Waals surface area contributed by atoms with Crippen LogP contribution in [0, 0.1) is 0 Å². The first-order valence-corrected chi connectivity index (χ1v) is 9.67. The maximum absolute atomic E-state index is 12.7. The maximum atomic E-state index is 12.7. The zero-order valence-electron chi connectivity index (χ0n) is 15.4. The average molecular weight is 372 g/mol. The molecule has 0 N–H and O–H groups in total. The van der Waals surface area contributed by atoms with E-state index in [9.17, 15) is 26.7 Å². The van der Waals surface area contributed by atoms with E-state index in [-0.39, 0.29) is 6.42 Å². The Bertz CT molecular complexity index is 339. The molecule has 0 aromatic heterocycles. The minimum absolute atomic E-state index is 0.191. The third kappa shape index (κ3) is 13.2. The van der Waals surface area contributed by atoms with E-state index in [2.05, 4.69) is 6.92 Å². The third-order valence-corrected chi connectivity index (χ3v) is 4.39. The van der Waals surface area contributed by atoms with Crippen molar-refractivity contribution in [1.82, 2.24) is 0 Å². The topological polar surface area (TPSA) is 17.1 Å². The van der Waals surface area contributed by atoms with Gasteiger partial charge in [0, 0.05) is 6.42 Å². The van der Waals surface area contributed by atoms with Gasteiger partial charge in [0.05, 0.1) is 6.42 Å². The van der Waals surface area contributed by atoms with Crippen LogP contribution in [-0.4, -0.2) is 17.9 Å². The van der Waals surface area contributed by atoms with E-state index in [0.29, 0.717) is 12.8 Å². The van der Waals surface area contributed by atoms with Gasteiger partial charge in [-0.3, -0.25) is 4.79 Å². The number of carbonyl (C=O) groups excluding carboxylic acids is 1. The zero-order chi connectivity index (χ0) is 19.2. The lowest BCUT2D eigenvalue weighted by molar-refractivity contribution is -0.281. The summed E-state index contributed by atoms with van der Waals surface area (Å²) in [7, 11) is 0. The summed E-state index contributed by atoms with van der Waals surface area (Å²) in [4.78, 5) is 11.2. The highest BCUT2D eigenvalue weighted by molar-refractivity contribution is 5.79. The van der Waals surface area contributed by atoms with E-state index in [0.717, 1.165) is 19.3 Å². The SMILES string of the molecule is CCCCCCCCCCCCCCCC(=O)CC(F)(F)C(F)(F)F. The molecule has 0 aliphatic carbocycles. The van der Waals surface area contributed by atoms with Crippen LogP contribution >= 0.6 is 0 Å². The van der Waals surface area contributed by atoms with Gasteiger partial charge in [-0.25, -0.2) is 0 Å². The largest absolute Gasteiger partial charge is 0.453 e. The van der Waals surface area contributed by atoms with Crippen molar-refractivity contribution >= 4 is 5.78 Å². The Hall–Kier alpha value is -0.680. The van der Waals surface area contributed by atoms with Crippen molar-refractivity contribution in [3.8, 4) is 0 Å². The van der Waals surface area contributed by atoms with Crippen molar-refractivity contribution in [1.29, 1.82) is 0 Å². The van der Waals surface area contributed by atoms with Gasteiger partial charge in [-0.2, -0.15) is 22.0 Å². The van der Waals surface area contributed by atoms with Crippen LogP contribution in [0.15, 0.2) is 0 Å². The van der Waals surface area contributed by atoms with E-state index < -0.39 is 24.3 Å². The normalized spacial score (nSPS) is 12.6. The molecule has 0 aromatic carbocycles. The second-order valence-corrected chi connectivity index (χ2v) is 6.91. The maximum Gasteiger partial charge on any atom is 0.453 e. The van der Waals surface area contributed by atoms with Gasteiger partial charge in [0.15, 0.2) is 0 Å². The monoisotopic (exact) mass is 372 g/mol. The minimum Gasteiger partial charge on any atom is -0.299 e.